The van der Waals surface area contributed by atoms with Gasteiger partial charge < -0.3 is 34.6 Å². The monoisotopic (exact) mass is 763 g/mol. The number of carbonyl (C=O) groups is 6. The Kier molecular flexibility index (Phi) is 11.5. The normalized spacial score (nSPS) is 15.2. The van der Waals surface area contributed by atoms with E-state index in [2.05, 4.69) is 43.0 Å². The highest BCUT2D eigenvalue weighted by atomic mass is 16.5. The predicted molar refractivity (Wildman–Crippen MR) is 199 cm³/mol. The Morgan fingerprint density at radius 2 is 1.54 bits per heavy atom. The highest BCUT2D eigenvalue weighted by molar-refractivity contribution is 6.24. The summed E-state index contributed by atoms with van der Waals surface area (Å²) in [5.41, 5.74) is 3.94. The van der Waals surface area contributed by atoms with Gasteiger partial charge in [0.05, 0.1) is 37.6 Å². The molecule has 2 aliphatic heterocycles. The summed E-state index contributed by atoms with van der Waals surface area (Å²) in [6.07, 6.45) is 5.33. The Bertz CT molecular complexity index is 2310. The van der Waals surface area contributed by atoms with Crippen LogP contribution in [0.3, 0.4) is 0 Å². The number of carbonyl (C=O) groups excluding carboxylic acids is 6. The summed E-state index contributed by atoms with van der Waals surface area (Å²) in [7, 11) is 0. The van der Waals surface area contributed by atoms with Crippen LogP contribution >= 0.6 is 0 Å². The van der Waals surface area contributed by atoms with Crippen LogP contribution in [0.2, 0.25) is 0 Å². The minimum atomic E-state index is -1.11. The molecule has 288 valence electrons. The lowest BCUT2D eigenvalue weighted by atomic mass is 10.0. The number of nitrogens with one attached hydrogen (secondary N) is 4. The minimum absolute atomic E-state index is 0.00227. The highest BCUT2D eigenvalue weighted by Gasteiger charge is 2.46. The van der Waals surface area contributed by atoms with Gasteiger partial charge in [-0.15, -0.1) is 0 Å². The van der Waals surface area contributed by atoms with Gasteiger partial charge in [0.25, 0.3) is 23.6 Å². The number of benzene rings is 2. The first-order chi connectivity index (χ1) is 27.3. The molecule has 0 aliphatic carbocycles. The van der Waals surface area contributed by atoms with E-state index in [1.807, 2.05) is 24.4 Å². The molecule has 7 rings (SSSR count). The maximum absolute atomic E-state index is 13.2. The molecule has 0 saturated carbocycles. The Balaban J connectivity index is 0.727. The average molecular weight is 764 g/mol. The van der Waals surface area contributed by atoms with Crippen molar-refractivity contribution in [3.63, 3.8) is 0 Å². The van der Waals surface area contributed by atoms with Gasteiger partial charge >= 0.3 is 0 Å². The van der Waals surface area contributed by atoms with E-state index < -0.39 is 42.2 Å². The standard InChI is InChI=1S/C39H37N7O10/c47-32-8-7-30(37(50)45-32)46-38(51)26-2-1-3-31(36(26)39(46)52)55-21-33(48)41-12-14-53-16-17-54-15-13-42-34(49)22-56-35-9-5-24(19-43-35)23-4-6-25-27-20-40-11-10-28(27)44-29(25)18-23/h1-6,9-11,18-20,30,44H,7-8,12-17,21-22H2,(H,41,48)(H,42,49)(H,45,47,50). The van der Waals surface area contributed by atoms with Gasteiger partial charge in [-0.25, -0.2) is 4.98 Å². The van der Waals surface area contributed by atoms with E-state index in [-0.39, 0.29) is 81.7 Å². The summed E-state index contributed by atoms with van der Waals surface area (Å²) in [6, 6.07) is 15.0. The number of ether oxygens (including phenoxy) is 4. The largest absolute Gasteiger partial charge is 0.483 e. The van der Waals surface area contributed by atoms with Crippen LogP contribution < -0.4 is 25.4 Å². The van der Waals surface area contributed by atoms with Crippen LogP contribution in [0.5, 0.6) is 11.6 Å². The number of amides is 6. The zero-order valence-corrected chi connectivity index (χ0v) is 30.0. The van der Waals surface area contributed by atoms with E-state index in [1.165, 1.54) is 18.2 Å². The molecule has 1 saturated heterocycles. The van der Waals surface area contributed by atoms with Crippen LogP contribution in [-0.4, -0.2) is 114 Å². The first kappa shape index (κ1) is 37.6. The third-order valence-electron chi connectivity index (χ3n) is 9.12. The molecule has 2 aromatic carbocycles. The first-order valence-corrected chi connectivity index (χ1v) is 17.9. The molecule has 17 nitrogen and oxygen atoms in total. The van der Waals surface area contributed by atoms with E-state index in [1.54, 1.807) is 18.5 Å². The maximum atomic E-state index is 13.2. The van der Waals surface area contributed by atoms with Crippen molar-refractivity contribution in [1.29, 1.82) is 0 Å². The lowest BCUT2D eigenvalue weighted by Gasteiger charge is -2.27. The quantitative estimate of drug-likeness (QED) is 0.0789. The molecule has 4 N–H and O–H groups in total. The number of fused-ring (bicyclic) bond motifs is 4. The van der Waals surface area contributed by atoms with Crippen LogP contribution in [0.1, 0.15) is 33.6 Å². The van der Waals surface area contributed by atoms with Crippen LogP contribution in [0.4, 0.5) is 0 Å². The molecule has 3 aromatic heterocycles. The van der Waals surface area contributed by atoms with Crippen LogP contribution in [0.25, 0.3) is 32.9 Å². The number of rotatable bonds is 17. The molecule has 0 radical (unpaired) electrons. The van der Waals surface area contributed by atoms with Gasteiger partial charge in [0.1, 0.15) is 11.8 Å². The van der Waals surface area contributed by atoms with Crippen molar-refractivity contribution in [3.05, 3.63) is 84.3 Å². The number of pyridine rings is 2. The molecule has 5 aromatic rings. The van der Waals surface area contributed by atoms with E-state index in [0.717, 1.165) is 37.8 Å². The second-order valence-corrected chi connectivity index (χ2v) is 12.8. The van der Waals surface area contributed by atoms with Crippen molar-refractivity contribution >= 4 is 57.2 Å². The Hall–Kier alpha value is -6.72. The molecule has 56 heavy (non-hydrogen) atoms. The average Bonchev–Trinajstić information content (AvgIpc) is 3.70. The summed E-state index contributed by atoms with van der Waals surface area (Å²) in [5.74, 6) is -3.03. The van der Waals surface area contributed by atoms with Crippen molar-refractivity contribution < 1.29 is 47.7 Å². The lowest BCUT2D eigenvalue weighted by molar-refractivity contribution is -0.136. The van der Waals surface area contributed by atoms with Gasteiger partial charge in [0, 0.05) is 71.5 Å². The van der Waals surface area contributed by atoms with Crippen molar-refractivity contribution in [2.45, 2.75) is 18.9 Å². The second-order valence-electron chi connectivity index (χ2n) is 12.8. The molecule has 1 atom stereocenters. The number of nitrogens with zero attached hydrogens (tertiary/aromatic N) is 3. The number of hydrogen-bond donors (Lipinski definition) is 4. The van der Waals surface area contributed by atoms with E-state index in [9.17, 15) is 28.8 Å². The number of aromatic amines is 1. The minimum Gasteiger partial charge on any atom is -0.483 e. The smallest absolute Gasteiger partial charge is 0.266 e. The lowest BCUT2D eigenvalue weighted by Crippen LogP contribution is -2.54. The highest BCUT2D eigenvalue weighted by Crippen LogP contribution is 2.34. The van der Waals surface area contributed by atoms with Gasteiger partial charge in [0.2, 0.25) is 17.7 Å². The third-order valence-corrected chi connectivity index (χ3v) is 9.12. The van der Waals surface area contributed by atoms with Crippen molar-refractivity contribution in [2.75, 3.05) is 52.7 Å². The first-order valence-electron chi connectivity index (χ1n) is 17.9. The van der Waals surface area contributed by atoms with Crippen molar-refractivity contribution in [1.82, 2.24) is 35.8 Å². The molecule has 2 aliphatic rings. The fraction of sp³-hybridized carbons (Fsp3) is 0.282. The zero-order valence-electron chi connectivity index (χ0n) is 30.0. The molecule has 5 heterocycles. The fourth-order valence-electron chi connectivity index (χ4n) is 6.40. The zero-order chi connectivity index (χ0) is 39.0. The number of H-pyrrole nitrogens is 1. The molecule has 0 bridgehead atoms. The summed E-state index contributed by atoms with van der Waals surface area (Å²) in [6.45, 7) is 0.815. The van der Waals surface area contributed by atoms with E-state index >= 15 is 0 Å². The third kappa shape index (κ3) is 8.48. The van der Waals surface area contributed by atoms with E-state index in [0.29, 0.717) is 5.88 Å². The molecule has 0 spiro atoms. The summed E-state index contributed by atoms with van der Waals surface area (Å²) >= 11 is 0. The van der Waals surface area contributed by atoms with Crippen molar-refractivity contribution in [3.8, 4) is 22.8 Å². The van der Waals surface area contributed by atoms with E-state index in [4.69, 9.17) is 18.9 Å². The second kappa shape index (κ2) is 17.2. The Morgan fingerprint density at radius 3 is 2.27 bits per heavy atom. The predicted octanol–water partition coefficient (Wildman–Crippen LogP) is 1.90. The van der Waals surface area contributed by atoms with Crippen LogP contribution in [0.15, 0.2) is 73.2 Å². The van der Waals surface area contributed by atoms with Crippen molar-refractivity contribution in [2.24, 2.45) is 0 Å². The van der Waals surface area contributed by atoms with Gasteiger partial charge in [-0.1, -0.05) is 18.2 Å². The molecule has 1 unspecified atom stereocenters. The van der Waals surface area contributed by atoms with Gasteiger partial charge in [-0.3, -0.25) is 44.0 Å². The summed E-state index contributed by atoms with van der Waals surface area (Å²) in [5, 5.41) is 9.66. The van der Waals surface area contributed by atoms with Crippen LogP contribution in [0, 0.1) is 0 Å². The number of hydrogen-bond acceptors (Lipinski definition) is 12. The SMILES string of the molecule is O=C(COc1ccc(-c2ccc3c(c2)[nH]c2ccncc23)cn1)NCCOCCOCCNC(=O)COc1cccc2c1C(=O)N(C1CCC(=O)NC1=O)C2=O. The van der Waals surface area contributed by atoms with Gasteiger partial charge in [-0.2, -0.15) is 0 Å². The molecule has 17 heteroatoms. The topological polar surface area (TPSA) is 220 Å². The summed E-state index contributed by atoms with van der Waals surface area (Å²) in [4.78, 5) is 87.3. The Labute approximate surface area is 319 Å². The number of imide groups is 2. The molecule has 6 amide bonds. The number of piperidine rings is 1. The molecular weight excluding hydrogens is 726 g/mol. The molecular formula is C39H37N7O10. The maximum Gasteiger partial charge on any atom is 0.266 e. The Morgan fingerprint density at radius 1 is 0.786 bits per heavy atom. The summed E-state index contributed by atoms with van der Waals surface area (Å²) < 4.78 is 22.0. The van der Waals surface area contributed by atoms with Gasteiger partial charge in [-0.05, 0) is 42.3 Å². The number of aromatic nitrogens is 3. The van der Waals surface area contributed by atoms with Crippen LogP contribution in [-0.2, 0) is 28.7 Å². The van der Waals surface area contributed by atoms with Gasteiger partial charge in [0.15, 0.2) is 13.2 Å². The molecule has 1 fully saturated rings. The fourth-order valence-corrected chi connectivity index (χ4v) is 6.40.